The lowest BCUT2D eigenvalue weighted by Crippen LogP contribution is -2.23. The summed E-state index contributed by atoms with van der Waals surface area (Å²) in [6.45, 7) is 3.20. The van der Waals surface area contributed by atoms with Crippen LogP contribution in [0, 0.1) is 0 Å². The van der Waals surface area contributed by atoms with Crippen molar-refractivity contribution in [2.45, 2.75) is 19.6 Å². The summed E-state index contributed by atoms with van der Waals surface area (Å²) in [4.78, 5) is 0. The van der Waals surface area contributed by atoms with Crippen molar-refractivity contribution in [3.63, 3.8) is 0 Å². The maximum absolute atomic E-state index is 9.01. The molecule has 2 N–H and O–H groups in total. The van der Waals surface area contributed by atoms with E-state index in [1.54, 1.807) is 6.92 Å². The summed E-state index contributed by atoms with van der Waals surface area (Å²) in [5, 5.41) is 12.2. The van der Waals surface area contributed by atoms with E-state index in [9.17, 15) is 0 Å². The maximum atomic E-state index is 9.01. The molecule has 72 valence electrons. The number of aliphatic hydroxyl groups is 1. The molecule has 0 unspecified atom stereocenters. The van der Waals surface area contributed by atoms with Crippen molar-refractivity contribution in [3.8, 4) is 0 Å². The van der Waals surface area contributed by atoms with Crippen LogP contribution in [0.5, 0.6) is 0 Å². The van der Waals surface area contributed by atoms with Gasteiger partial charge in [-0.3, -0.25) is 0 Å². The molecule has 0 bridgehead atoms. The van der Waals surface area contributed by atoms with Crippen molar-refractivity contribution >= 4 is 15.9 Å². The number of benzene rings is 1. The van der Waals surface area contributed by atoms with Crippen LogP contribution in [0.3, 0.4) is 0 Å². The lowest BCUT2D eigenvalue weighted by Gasteiger charge is -2.06. The molecule has 1 rings (SSSR count). The van der Waals surface area contributed by atoms with Gasteiger partial charge >= 0.3 is 0 Å². The van der Waals surface area contributed by atoms with Crippen LogP contribution in [0.1, 0.15) is 12.5 Å². The average Bonchev–Trinajstić information content (AvgIpc) is 2.03. The van der Waals surface area contributed by atoms with E-state index in [1.165, 1.54) is 5.56 Å². The van der Waals surface area contributed by atoms with Crippen molar-refractivity contribution < 1.29 is 5.11 Å². The van der Waals surface area contributed by atoms with Crippen molar-refractivity contribution in [2.75, 3.05) is 6.54 Å². The summed E-state index contributed by atoms with van der Waals surface area (Å²) in [5.74, 6) is 0. The Bertz CT molecular complexity index is 263. The second-order valence-corrected chi connectivity index (χ2v) is 4.03. The highest BCUT2D eigenvalue weighted by Crippen LogP contribution is 2.11. The zero-order chi connectivity index (χ0) is 9.68. The van der Waals surface area contributed by atoms with Gasteiger partial charge in [0.1, 0.15) is 0 Å². The molecule has 0 spiro atoms. The minimum Gasteiger partial charge on any atom is -0.392 e. The SMILES string of the molecule is C[C@H](O)CNCc1cccc(Br)c1. The second-order valence-electron chi connectivity index (χ2n) is 3.11. The highest BCUT2D eigenvalue weighted by molar-refractivity contribution is 9.10. The molecule has 0 saturated heterocycles. The van der Waals surface area contributed by atoms with Gasteiger partial charge in [0, 0.05) is 17.6 Å². The lowest BCUT2D eigenvalue weighted by molar-refractivity contribution is 0.191. The van der Waals surface area contributed by atoms with Gasteiger partial charge in [-0.15, -0.1) is 0 Å². The van der Waals surface area contributed by atoms with E-state index < -0.39 is 0 Å². The highest BCUT2D eigenvalue weighted by atomic mass is 79.9. The van der Waals surface area contributed by atoms with Gasteiger partial charge in [0.2, 0.25) is 0 Å². The summed E-state index contributed by atoms with van der Waals surface area (Å²) < 4.78 is 1.09. The molecule has 0 saturated carbocycles. The Morgan fingerprint density at radius 3 is 2.92 bits per heavy atom. The lowest BCUT2D eigenvalue weighted by atomic mass is 10.2. The minimum atomic E-state index is -0.285. The highest BCUT2D eigenvalue weighted by Gasteiger charge is 1.96. The van der Waals surface area contributed by atoms with E-state index in [0.717, 1.165) is 11.0 Å². The van der Waals surface area contributed by atoms with E-state index in [-0.39, 0.29) is 6.10 Å². The van der Waals surface area contributed by atoms with Gasteiger partial charge in [-0.05, 0) is 24.6 Å². The Morgan fingerprint density at radius 2 is 2.31 bits per heavy atom. The fraction of sp³-hybridized carbons (Fsp3) is 0.400. The quantitative estimate of drug-likeness (QED) is 0.848. The third-order valence-corrected chi connectivity index (χ3v) is 2.15. The summed E-state index contributed by atoms with van der Waals surface area (Å²) >= 11 is 3.41. The first-order valence-corrected chi connectivity index (χ1v) is 5.11. The summed E-state index contributed by atoms with van der Waals surface area (Å²) in [5.41, 5.74) is 1.22. The Kier molecular flexibility index (Phi) is 4.42. The summed E-state index contributed by atoms with van der Waals surface area (Å²) in [6, 6.07) is 8.12. The van der Waals surface area contributed by atoms with E-state index in [2.05, 4.69) is 33.4 Å². The monoisotopic (exact) mass is 243 g/mol. The van der Waals surface area contributed by atoms with Gasteiger partial charge in [-0.1, -0.05) is 28.1 Å². The smallest absolute Gasteiger partial charge is 0.0636 e. The first-order valence-electron chi connectivity index (χ1n) is 4.31. The number of aliphatic hydroxyl groups excluding tert-OH is 1. The largest absolute Gasteiger partial charge is 0.392 e. The molecule has 13 heavy (non-hydrogen) atoms. The number of rotatable bonds is 4. The van der Waals surface area contributed by atoms with Crippen molar-refractivity contribution in [1.29, 1.82) is 0 Å². The number of hydrogen-bond acceptors (Lipinski definition) is 2. The Labute approximate surface area is 87.1 Å². The number of hydrogen-bond donors (Lipinski definition) is 2. The van der Waals surface area contributed by atoms with Crippen LogP contribution in [-0.2, 0) is 6.54 Å². The topological polar surface area (TPSA) is 32.3 Å². The van der Waals surface area contributed by atoms with Crippen molar-refractivity contribution in [3.05, 3.63) is 34.3 Å². The molecule has 1 aromatic carbocycles. The number of halogens is 1. The van der Waals surface area contributed by atoms with E-state index in [4.69, 9.17) is 5.11 Å². The third kappa shape index (κ3) is 4.41. The molecule has 0 aliphatic heterocycles. The van der Waals surface area contributed by atoms with Crippen LogP contribution < -0.4 is 5.32 Å². The van der Waals surface area contributed by atoms with Crippen molar-refractivity contribution in [2.24, 2.45) is 0 Å². The van der Waals surface area contributed by atoms with Crippen LogP contribution >= 0.6 is 15.9 Å². The van der Waals surface area contributed by atoms with Crippen molar-refractivity contribution in [1.82, 2.24) is 5.32 Å². The van der Waals surface area contributed by atoms with Crippen LogP contribution in [0.2, 0.25) is 0 Å². The minimum absolute atomic E-state index is 0.285. The maximum Gasteiger partial charge on any atom is 0.0636 e. The molecular weight excluding hydrogens is 230 g/mol. The van der Waals surface area contributed by atoms with Gasteiger partial charge < -0.3 is 10.4 Å². The zero-order valence-electron chi connectivity index (χ0n) is 7.63. The van der Waals surface area contributed by atoms with Crippen LogP contribution in [0.25, 0.3) is 0 Å². The summed E-state index contributed by atoms with van der Waals surface area (Å²) in [6.07, 6.45) is -0.285. The van der Waals surface area contributed by atoms with Gasteiger partial charge in [-0.2, -0.15) is 0 Å². The Hall–Kier alpha value is -0.380. The average molecular weight is 244 g/mol. The molecule has 1 aromatic rings. The normalized spacial score (nSPS) is 12.8. The second kappa shape index (κ2) is 5.37. The molecule has 0 aromatic heterocycles. The molecule has 1 atom stereocenters. The molecule has 2 nitrogen and oxygen atoms in total. The van der Waals surface area contributed by atoms with Crippen LogP contribution in [0.4, 0.5) is 0 Å². The van der Waals surface area contributed by atoms with Crippen LogP contribution in [-0.4, -0.2) is 17.8 Å². The number of nitrogens with one attached hydrogen (secondary N) is 1. The Morgan fingerprint density at radius 1 is 1.54 bits per heavy atom. The van der Waals surface area contributed by atoms with Gasteiger partial charge in [-0.25, -0.2) is 0 Å². The standard InChI is InChI=1S/C10H14BrNO/c1-8(13)6-12-7-9-3-2-4-10(11)5-9/h2-5,8,12-13H,6-7H2,1H3/t8-/m0/s1. The molecule has 0 fully saturated rings. The van der Waals surface area contributed by atoms with Gasteiger partial charge in [0.15, 0.2) is 0 Å². The predicted molar refractivity (Wildman–Crippen MR) is 57.5 cm³/mol. The first kappa shape index (κ1) is 10.7. The van der Waals surface area contributed by atoms with Gasteiger partial charge in [0.05, 0.1) is 6.10 Å². The molecular formula is C10H14BrNO. The first-order chi connectivity index (χ1) is 6.18. The molecule has 0 amide bonds. The fourth-order valence-corrected chi connectivity index (χ4v) is 1.52. The molecule has 0 heterocycles. The molecule has 0 aliphatic rings. The Balaban J connectivity index is 2.37. The third-order valence-electron chi connectivity index (χ3n) is 1.66. The predicted octanol–water partition coefficient (Wildman–Crippen LogP) is 1.92. The van der Waals surface area contributed by atoms with E-state index >= 15 is 0 Å². The fourth-order valence-electron chi connectivity index (χ4n) is 1.07. The van der Waals surface area contributed by atoms with E-state index in [1.807, 2.05) is 12.1 Å². The zero-order valence-corrected chi connectivity index (χ0v) is 9.21. The van der Waals surface area contributed by atoms with Gasteiger partial charge in [0.25, 0.3) is 0 Å². The molecule has 0 radical (unpaired) electrons. The summed E-state index contributed by atoms with van der Waals surface area (Å²) in [7, 11) is 0. The molecule has 3 heteroatoms. The molecule has 0 aliphatic carbocycles. The van der Waals surface area contributed by atoms with E-state index in [0.29, 0.717) is 6.54 Å². The van der Waals surface area contributed by atoms with Crippen LogP contribution in [0.15, 0.2) is 28.7 Å².